The van der Waals surface area contributed by atoms with Gasteiger partial charge in [0.05, 0.1) is 14.2 Å². The summed E-state index contributed by atoms with van der Waals surface area (Å²) in [4.78, 5) is 17.8. The van der Waals surface area contributed by atoms with Crippen LogP contribution < -0.4 is 24.8 Å². The van der Waals surface area contributed by atoms with Crippen LogP contribution in [0.2, 0.25) is 0 Å². The van der Waals surface area contributed by atoms with E-state index < -0.39 is 6.10 Å². The Morgan fingerprint density at radius 3 is 2.00 bits per heavy atom. The number of para-hydroxylation sites is 3. The fraction of sp³-hybridized carbons (Fsp3) is 0.222. The van der Waals surface area contributed by atoms with Crippen LogP contribution in [0.3, 0.4) is 0 Å². The fourth-order valence-electron chi connectivity index (χ4n) is 3.63. The lowest BCUT2D eigenvalue weighted by Crippen LogP contribution is -2.31. The third-order valence-electron chi connectivity index (χ3n) is 5.48. The quantitative estimate of drug-likeness (QED) is 0.316. The standard InChI is InChI=1S/C27H29N5O4/c1-19(36-22-13-5-4-6-14-22)25(33)32-27(29-18-21-12-8-10-16-24(21)35-3)30-26(31-32)28-17-20-11-7-9-15-23(20)34-2/h4-16,19H,17-18H2,1-3H3,(H2,28,29,30,31)/t19-/m1/s1. The number of carbonyl (C=O) groups excluding carboxylic acids is 1. The van der Waals surface area contributed by atoms with Crippen LogP contribution in [-0.4, -0.2) is 41.0 Å². The minimum atomic E-state index is -0.789. The first-order valence-electron chi connectivity index (χ1n) is 11.5. The Kier molecular flexibility index (Phi) is 8.02. The maximum atomic E-state index is 13.3. The molecule has 0 saturated carbocycles. The van der Waals surface area contributed by atoms with E-state index >= 15 is 0 Å². The molecule has 0 aliphatic rings. The molecule has 36 heavy (non-hydrogen) atoms. The number of hydrogen-bond acceptors (Lipinski definition) is 8. The molecule has 0 fully saturated rings. The molecule has 0 unspecified atom stereocenters. The summed E-state index contributed by atoms with van der Waals surface area (Å²) < 4.78 is 17.9. The van der Waals surface area contributed by atoms with E-state index in [9.17, 15) is 4.79 Å². The Balaban J connectivity index is 1.56. The van der Waals surface area contributed by atoms with E-state index in [4.69, 9.17) is 14.2 Å². The summed E-state index contributed by atoms with van der Waals surface area (Å²) in [5.74, 6) is 2.30. The zero-order chi connectivity index (χ0) is 25.3. The van der Waals surface area contributed by atoms with Crippen LogP contribution in [0.5, 0.6) is 17.2 Å². The first-order valence-corrected chi connectivity index (χ1v) is 11.5. The average Bonchev–Trinajstić information content (AvgIpc) is 3.34. The molecule has 2 N–H and O–H groups in total. The van der Waals surface area contributed by atoms with Gasteiger partial charge in [0, 0.05) is 24.2 Å². The number of anilines is 2. The number of methoxy groups -OCH3 is 2. The van der Waals surface area contributed by atoms with Gasteiger partial charge in [0.15, 0.2) is 6.10 Å². The van der Waals surface area contributed by atoms with Gasteiger partial charge in [-0.25, -0.2) is 0 Å². The van der Waals surface area contributed by atoms with E-state index in [2.05, 4.69) is 20.7 Å². The molecule has 0 spiro atoms. The average molecular weight is 488 g/mol. The van der Waals surface area contributed by atoms with E-state index in [1.165, 1.54) is 4.68 Å². The fourth-order valence-corrected chi connectivity index (χ4v) is 3.63. The van der Waals surface area contributed by atoms with Crippen LogP contribution in [-0.2, 0) is 13.1 Å². The maximum absolute atomic E-state index is 13.3. The lowest BCUT2D eigenvalue weighted by Gasteiger charge is -2.15. The molecule has 0 bridgehead atoms. The van der Waals surface area contributed by atoms with Gasteiger partial charge in [0.25, 0.3) is 5.91 Å². The summed E-state index contributed by atoms with van der Waals surface area (Å²) in [6, 6.07) is 24.5. The van der Waals surface area contributed by atoms with Crippen molar-refractivity contribution in [3.05, 3.63) is 90.0 Å². The van der Waals surface area contributed by atoms with Gasteiger partial charge in [0.1, 0.15) is 17.2 Å². The second-order valence-corrected chi connectivity index (χ2v) is 7.91. The van der Waals surface area contributed by atoms with Crippen molar-refractivity contribution in [3.8, 4) is 17.2 Å². The van der Waals surface area contributed by atoms with Gasteiger partial charge in [0.2, 0.25) is 11.9 Å². The Morgan fingerprint density at radius 1 is 0.833 bits per heavy atom. The third kappa shape index (κ3) is 5.93. The first-order chi connectivity index (χ1) is 17.6. The maximum Gasteiger partial charge on any atom is 0.290 e. The Hall–Kier alpha value is -4.53. The molecule has 4 aromatic rings. The van der Waals surface area contributed by atoms with Gasteiger partial charge in [-0.1, -0.05) is 54.6 Å². The summed E-state index contributed by atoms with van der Waals surface area (Å²) in [5, 5.41) is 10.8. The molecule has 0 saturated heterocycles. The molecule has 0 aliphatic carbocycles. The van der Waals surface area contributed by atoms with Crippen LogP contribution in [0, 0.1) is 0 Å². The number of benzene rings is 3. The molecule has 1 heterocycles. The van der Waals surface area contributed by atoms with Crippen LogP contribution >= 0.6 is 0 Å². The van der Waals surface area contributed by atoms with Gasteiger partial charge >= 0.3 is 0 Å². The van der Waals surface area contributed by atoms with Crippen LogP contribution in [0.25, 0.3) is 0 Å². The van der Waals surface area contributed by atoms with Crippen molar-refractivity contribution in [1.29, 1.82) is 0 Å². The van der Waals surface area contributed by atoms with Crippen molar-refractivity contribution >= 4 is 17.8 Å². The second-order valence-electron chi connectivity index (χ2n) is 7.91. The SMILES string of the molecule is COc1ccccc1CNc1nc(NCc2ccccc2OC)n(C(=O)[C@@H](C)Oc2ccccc2)n1. The Bertz CT molecular complexity index is 1290. The van der Waals surface area contributed by atoms with Crippen LogP contribution in [0.15, 0.2) is 78.9 Å². The number of hydrogen-bond donors (Lipinski definition) is 2. The minimum absolute atomic E-state index is 0.289. The molecular formula is C27H29N5O4. The lowest BCUT2D eigenvalue weighted by molar-refractivity contribution is 0.0713. The van der Waals surface area contributed by atoms with Gasteiger partial charge in [-0.3, -0.25) is 4.79 Å². The molecule has 9 heteroatoms. The number of nitrogens with zero attached hydrogens (tertiary/aromatic N) is 3. The van der Waals surface area contributed by atoms with Crippen molar-refractivity contribution < 1.29 is 19.0 Å². The number of carbonyl (C=O) groups is 1. The van der Waals surface area contributed by atoms with E-state index in [1.54, 1.807) is 33.3 Å². The highest BCUT2D eigenvalue weighted by molar-refractivity contribution is 5.85. The highest BCUT2D eigenvalue weighted by Gasteiger charge is 2.23. The van der Waals surface area contributed by atoms with Crippen molar-refractivity contribution in [3.63, 3.8) is 0 Å². The van der Waals surface area contributed by atoms with Crippen molar-refractivity contribution in [2.24, 2.45) is 0 Å². The summed E-state index contributed by atoms with van der Waals surface area (Å²) in [6.45, 7) is 2.49. The molecule has 9 nitrogen and oxygen atoms in total. The highest BCUT2D eigenvalue weighted by atomic mass is 16.5. The summed E-state index contributed by atoms with van der Waals surface area (Å²) >= 11 is 0. The second kappa shape index (κ2) is 11.7. The van der Waals surface area contributed by atoms with E-state index in [1.807, 2.05) is 66.7 Å². The van der Waals surface area contributed by atoms with E-state index in [0.717, 1.165) is 22.6 Å². The Morgan fingerprint density at radius 2 is 1.39 bits per heavy atom. The van der Waals surface area contributed by atoms with Crippen molar-refractivity contribution in [2.75, 3.05) is 24.9 Å². The van der Waals surface area contributed by atoms with Gasteiger partial charge in [-0.15, -0.1) is 5.10 Å². The van der Waals surface area contributed by atoms with Crippen molar-refractivity contribution in [1.82, 2.24) is 14.8 Å². The van der Waals surface area contributed by atoms with Crippen molar-refractivity contribution in [2.45, 2.75) is 26.1 Å². The molecule has 1 aromatic heterocycles. The number of nitrogens with one attached hydrogen (secondary N) is 2. The molecular weight excluding hydrogens is 458 g/mol. The summed E-state index contributed by atoms with van der Waals surface area (Å²) in [5.41, 5.74) is 1.85. The molecule has 4 rings (SSSR count). The van der Waals surface area contributed by atoms with Gasteiger partial charge in [-0.05, 0) is 31.2 Å². The molecule has 3 aromatic carbocycles. The van der Waals surface area contributed by atoms with Crippen LogP contribution in [0.4, 0.5) is 11.9 Å². The highest BCUT2D eigenvalue weighted by Crippen LogP contribution is 2.21. The monoisotopic (exact) mass is 487 g/mol. The largest absolute Gasteiger partial charge is 0.496 e. The predicted molar refractivity (Wildman–Crippen MR) is 138 cm³/mol. The molecule has 1 atom stereocenters. The number of rotatable bonds is 11. The zero-order valence-corrected chi connectivity index (χ0v) is 20.5. The number of ether oxygens (including phenoxy) is 3. The molecule has 0 radical (unpaired) electrons. The normalized spacial score (nSPS) is 11.4. The third-order valence-corrected chi connectivity index (χ3v) is 5.48. The summed E-state index contributed by atoms with van der Waals surface area (Å²) in [7, 11) is 3.24. The van der Waals surface area contributed by atoms with Crippen LogP contribution in [0.1, 0.15) is 22.8 Å². The Labute approximate surface area is 210 Å². The lowest BCUT2D eigenvalue weighted by atomic mass is 10.2. The van der Waals surface area contributed by atoms with E-state index in [0.29, 0.717) is 24.8 Å². The van der Waals surface area contributed by atoms with Gasteiger partial charge in [-0.2, -0.15) is 9.67 Å². The minimum Gasteiger partial charge on any atom is -0.496 e. The first kappa shape index (κ1) is 24.6. The smallest absolute Gasteiger partial charge is 0.290 e. The molecule has 0 amide bonds. The molecule has 0 aliphatic heterocycles. The topological polar surface area (TPSA) is 99.5 Å². The predicted octanol–water partition coefficient (Wildman–Crippen LogP) is 4.63. The van der Waals surface area contributed by atoms with E-state index in [-0.39, 0.29) is 11.9 Å². The summed E-state index contributed by atoms with van der Waals surface area (Å²) in [6.07, 6.45) is -0.789. The van der Waals surface area contributed by atoms with Gasteiger partial charge < -0.3 is 24.8 Å². The zero-order valence-electron chi connectivity index (χ0n) is 20.5. The number of aromatic nitrogens is 3. The molecule has 186 valence electrons.